The van der Waals surface area contributed by atoms with E-state index in [1.54, 1.807) is 0 Å². The second kappa shape index (κ2) is 7.24. The van der Waals surface area contributed by atoms with Crippen LogP contribution in [0.5, 0.6) is 0 Å². The summed E-state index contributed by atoms with van der Waals surface area (Å²) in [5.74, 6) is 0. The van der Waals surface area contributed by atoms with E-state index in [0.717, 1.165) is 13.0 Å². The quantitative estimate of drug-likeness (QED) is 0.687. The van der Waals surface area contributed by atoms with Gasteiger partial charge in [-0.25, -0.2) is 0 Å². The zero-order valence-corrected chi connectivity index (χ0v) is 9.72. The normalized spacial score (nSPS) is 21.9. The standard InChI is InChI=1S/C12H25NO/c1-3-11(13-2)10-14-12-8-6-4-5-7-9-12/h11-13H,3-10H2,1-2H3. The van der Waals surface area contributed by atoms with E-state index in [0.29, 0.717) is 12.1 Å². The molecule has 1 rings (SSSR count). The van der Waals surface area contributed by atoms with Crippen molar-refractivity contribution >= 4 is 0 Å². The average Bonchev–Trinajstić information content (AvgIpc) is 2.48. The van der Waals surface area contributed by atoms with Crippen molar-refractivity contribution in [3.8, 4) is 0 Å². The van der Waals surface area contributed by atoms with Gasteiger partial charge in [0.15, 0.2) is 0 Å². The summed E-state index contributed by atoms with van der Waals surface area (Å²) < 4.78 is 5.94. The van der Waals surface area contributed by atoms with Gasteiger partial charge in [-0.15, -0.1) is 0 Å². The Morgan fingerprint density at radius 1 is 1.21 bits per heavy atom. The number of nitrogens with one attached hydrogen (secondary N) is 1. The monoisotopic (exact) mass is 199 g/mol. The molecule has 0 spiro atoms. The van der Waals surface area contributed by atoms with E-state index in [1.807, 2.05) is 7.05 Å². The summed E-state index contributed by atoms with van der Waals surface area (Å²) in [5, 5.41) is 3.28. The van der Waals surface area contributed by atoms with Crippen LogP contribution in [0.2, 0.25) is 0 Å². The van der Waals surface area contributed by atoms with E-state index in [9.17, 15) is 0 Å². The van der Waals surface area contributed by atoms with Gasteiger partial charge in [-0.05, 0) is 26.3 Å². The van der Waals surface area contributed by atoms with Gasteiger partial charge >= 0.3 is 0 Å². The molecule has 0 saturated heterocycles. The molecule has 84 valence electrons. The van der Waals surface area contributed by atoms with Crippen LogP contribution in [0.15, 0.2) is 0 Å². The summed E-state index contributed by atoms with van der Waals surface area (Å²) >= 11 is 0. The maximum Gasteiger partial charge on any atom is 0.0623 e. The average molecular weight is 199 g/mol. The van der Waals surface area contributed by atoms with Gasteiger partial charge in [-0.3, -0.25) is 0 Å². The van der Waals surface area contributed by atoms with Gasteiger partial charge in [0.1, 0.15) is 0 Å². The Hall–Kier alpha value is -0.0800. The lowest BCUT2D eigenvalue weighted by molar-refractivity contribution is 0.0297. The molecule has 1 unspecified atom stereocenters. The van der Waals surface area contributed by atoms with Crippen molar-refractivity contribution < 1.29 is 4.74 Å². The molecule has 0 amide bonds. The SMILES string of the molecule is CCC(COC1CCCCCC1)NC. The van der Waals surface area contributed by atoms with Crippen molar-refractivity contribution in [2.45, 2.75) is 64.0 Å². The van der Waals surface area contributed by atoms with Crippen molar-refractivity contribution in [2.24, 2.45) is 0 Å². The van der Waals surface area contributed by atoms with Crippen LogP contribution >= 0.6 is 0 Å². The zero-order valence-electron chi connectivity index (χ0n) is 9.72. The molecule has 1 fully saturated rings. The Balaban J connectivity index is 2.14. The Bertz CT molecular complexity index is 126. The fraction of sp³-hybridized carbons (Fsp3) is 1.00. The molecule has 1 saturated carbocycles. The van der Waals surface area contributed by atoms with Crippen LogP contribution in [-0.4, -0.2) is 25.8 Å². The second-order valence-electron chi connectivity index (χ2n) is 4.34. The smallest absolute Gasteiger partial charge is 0.0623 e. The van der Waals surface area contributed by atoms with Crippen LogP contribution in [0.4, 0.5) is 0 Å². The summed E-state index contributed by atoms with van der Waals surface area (Å²) in [6.07, 6.45) is 9.79. The van der Waals surface area contributed by atoms with Gasteiger partial charge in [0.05, 0.1) is 12.7 Å². The highest BCUT2D eigenvalue weighted by atomic mass is 16.5. The minimum Gasteiger partial charge on any atom is -0.377 e. The highest BCUT2D eigenvalue weighted by Gasteiger charge is 2.13. The number of ether oxygens (including phenoxy) is 1. The van der Waals surface area contributed by atoms with E-state index in [1.165, 1.54) is 38.5 Å². The molecule has 0 aromatic rings. The molecule has 1 aliphatic rings. The number of hydrogen-bond donors (Lipinski definition) is 1. The van der Waals surface area contributed by atoms with Gasteiger partial charge in [-0.2, -0.15) is 0 Å². The Morgan fingerprint density at radius 2 is 1.86 bits per heavy atom. The molecule has 0 heterocycles. The number of rotatable bonds is 5. The molecule has 1 aliphatic carbocycles. The Morgan fingerprint density at radius 3 is 2.36 bits per heavy atom. The van der Waals surface area contributed by atoms with Gasteiger partial charge in [0.25, 0.3) is 0 Å². The maximum atomic E-state index is 5.94. The molecule has 14 heavy (non-hydrogen) atoms. The van der Waals surface area contributed by atoms with E-state index >= 15 is 0 Å². The van der Waals surface area contributed by atoms with Crippen LogP contribution in [0, 0.1) is 0 Å². The maximum absolute atomic E-state index is 5.94. The molecule has 1 N–H and O–H groups in total. The first-order chi connectivity index (χ1) is 6.86. The van der Waals surface area contributed by atoms with E-state index in [-0.39, 0.29) is 0 Å². The van der Waals surface area contributed by atoms with Crippen molar-refractivity contribution in [1.82, 2.24) is 5.32 Å². The lowest BCUT2D eigenvalue weighted by Gasteiger charge is -2.20. The molecule has 0 radical (unpaired) electrons. The van der Waals surface area contributed by atoms with Crippen molar-refractivity contribution in [2.75, 3.05) is 13.7 Å². The molecular weight excluding hydrogens is 174 g/mol. The first-order valence-electron chi connectivity index (χ1n) is 6.15. The lowest BCUT2D eigenvalue weighted by atomic mass is 10.1. The van der Waals surface area contributed by atoms with Gasteiger partial charge in [0, 0.05) is 6.04 Å². The third-order valence-corrected chi connectivity index (χ3v) is 3.24. The van der Waals surface area contributed by atoms with Gasteiger partial charge in [-0.1, -0.05) is 32.6 Å². The molecule has 2 heteroatoms. The summed E-state index contributed by atoms with van der Waals surface area (Å²) in [5.41, 5.74) is 0. The summed E-state index contributed by atoms with van der Waals surface area (Å²) in [6.45, 7) is 3.09. The van der Waals surface area contributed by atoms with Gasteiger partial charge in [0.2, 0.25) is 0 Å². The van der Waals surface area contributed by atoms with Crippen LogP contribution in [0.3, 0.4) is 0 Å². The van der Waals surface area contributed by atoms with E-state index < -0.39 is 0 Å². The summed E-state index contributed by atoms with van der Waals surface area (Å²) in [7, 11) is 2.02. The van der Waals surface area contributed by atoms with Gasteiger partial charge < -0.3 is 10.1 Å². The zero-order chi connectivity index (χ0) is 10.2. The molecule has 0 aliphatic heterocycles. The minimum atomic E-state index is 0.540. The van der Waals surface area contributed by atoms with Crippen LogP contribution < -0.4 is 5.32 Å². The van der Waals surface area contributed by atoms with Crippen molar-refractivity contribution in [1.29, 1.82) is 0 Å². The minimum absolute atomic E-state index is 0.540. The van der Waals surface area contributed by atoms with Crippen molar-refractivity contribution in [3.05, 3.63) is 0 Å². The molecule has 0 aromatic carbocycles. The second-order valence-corrected chi connectivity index (χ2v) is 4.34. The predicted molar refractivity (Wildman–Crippen MR) is 60.6 cm³/mol. The highest BCUT2D eigenvalue weighted by molar-refractivity contribution is 4.67. The summed E-state index contributed by atoms with van der Waals surface area (Å²) in [6, 6.07) is 0.540. The van der Waals surface area contributed by atoms with Crippen LogP contribution in [-0.2, 0) is 4.74 Å². The molecule has 0 bridgehead atoms. The third kappa shape index (κ3) is 4.43. The predicted octanol–water partition coefficient (Wildman–Crippen LogP) is 2.72. The first-order valence-corrected chi connectivity index (χ1v) is 6.15. The number of likely N-dealkylation sites (N-methyl/N-ethyl adjacent to an activating group) is 1. The van der Waals surface area contributed by atoms with E-state index in [2.05, 4.69) is 12.2 Å². The largest absolute Gasteiger partial charge is 0.377 e. The highest BCUT2D eigenvalue weighted by Crippen LogP contribution is 2.19. The Kier molecular flexibility index (Phi) is 6.20. The number of hydrogen-bond acceptors (Lipinski definition) is 2. The van der Waals surface area contributed by atoms with Crippen molar-refractivity contribution in [3.63, 3.8) is 0 Å². The fourth-order valence-corrected chi connectivity index (χ4v) is 2.07. The van der Waals surface area contributed by atoms with E-state index in [4.69, 9.17) is 4.74 Å². The molecular formula is C12H25NO. The fourth-order valence-electron chi connectivity index (χ4n) is 2.07. The van der Waals surface area contributed by atoms with Crippen LogP contribution in [0.1, 0.15) is 51.9 Å². The first kappa shape index (κ1) is 12.0. The topological polar surface area (TPSA) is 21.3 Å². The third-order valence-electron chi connectivity index (χ3n) is 3.24. The molecule has 0 aromatic heterocycles. The lowest BCUT2D eigenvalue weighted by Crippen LogP contribution is -2.31. The Labute approximate surface area is 88.4 Å². The molecule has 2 nitrogen and oxygen atoms in total. The van der Waals surface area contributed by atoms with Crippen LogP contribution in [0.25, 0.3) is 0 Å². The summed E-state index contributed by atoms with van der Waals surface area (Å²) in [4.78, 5) is 0. The molecule has 1 atom stereocenters.